The Kier molecular flexibility index (Phi) is 5.64. The molecule has 2 saturated heterocycles. The number of methoxy groups -OCH3 is 1. The molecule has 2 aliphatic rings. The number of ether oxygens (including phenoxy) is 1. The van der Waals surface area contributed by atoms with Gasteiger partial charge in [0.1, 0.15) is 0 Å². The van der Waals surface area contributed by atoms with Gasteiger partial charge in [-0.05, 0) is 45.4 Å². The van der Waals surface area contributed by atoms with E-state index in [9.17, 15) is 9.36 Å². The predicted octanol–water partition coefficient (Wildman–Crippen LogP) is 2.58. The van der Waals surface area contributed by atoms with Crippen molar-refractivity contribution in [2.45, 2.75) is 44.4 Å². The van der Waals surface area contributed by atoms with Gasteiger partial charge in [0.15, 0.2) is 0 Å². The number of benzene rings is 1. The summed E-state index contributed by atoms with van der Waals surface area (Å²) in [4.78, 5) is 14.7. The molecule has 1 aromatic carbocycles. The smallest absolute Gasteiger partial charge is 0.361 e. The molecule has 5 atom stereocenters. The highest BCUT2D eigenvalue weighted by atomic mass is 31.2. The lowest BCUT2D eigenvalue weighted by atomic mass is 9.88. The van der Waals surface area contributed by atoms with Gasteiger partial charge in [0.2, 0.25) is 0 Å². The molecule has 0 aromatic heterocycles. The molecule has 0 aliphatic carbocycles. The van der Waals surface area contributed by atoms with Gasteiger partial charge < -0.3 is 13.8 Å². The SMILES string of the molecule is CCOP(=O)(O[C@H]1C[C@@H]2CC[C@H]([C@H]1C(=O)OC)N2C)c1ccccc1. The van der Waals surface area contributed by atoms with Crippen LogP contribution in [0.1, 0.15) is 26.2 Å². The zero-order valence-electron chi connectivity index (χ0n) is 15.0. The molecular formula is C18H26NO5P. The molecule has 2 fully saturated rings. The number of hydrogen-bond acceptors (Lipinski definition) is 6. The van der Waals surface area contributed by atoms with E-state index in [0.717, 1.165) is 12.8 Å². The van der Waals surface area contributed by atoms with Crippen LogP contribution >= 0.6 is 7.60 Å². The molecule has 0 amide bonds. The molecule has 0 N–H and O–H groups in total. The number of nitrogens with zero attached hydrogens (tertiary/aromatic N) is 1. The van der Waals surface area contributed by atoms with E-state index < -0.39 is 19.6 Å². The Morgan fingerprint density at radius 3 is 2.64 bits per heavy atom. The minimum Gasteiger partial charge on any atom is -0.469 e. The highest BCUT2D eigenvalue weighted by Gasteiger charge is 2.52. The summed E-state index contributed by atoms with van der Waals surface area (Å²) in [6.45, 7) is 2.06. The molecule has 2 heterocycles. The first-order chi connectivity index (χ1) is 12.0. The van der Waals surface area contributed by atoms with Crippen LogP contribution in [-0.4, -0.2) is 49.8 Å². The number of rotatable bonds is 6. The summed E-state index contributed by atoms with van der Waals surface area (Å²) in [5.74, 6) is -0.760. The molecule has 6 nitrogen and oxygen atoms in total. The molecule has 0 spiro atoms. The van der Waals surface area contributed by atoms with Gasteiger partial charge >= 0.3 is 13.6 Å². The quantitative estimate of drug-likeness (QED) is 0.569. The molecule has 1 aromatic rings. The number of fused-ring (bicyclic) bond motifs is 2. The van der Waals surface area contributed by atoms with Gasteiger partial charge in [-0.15, -0.1) is 0 Å². The highest BCUT2D eigenvalue weighted by Crippen LogP contribution is 2.52. The zero-order valence-corrected chi connectivity index (χ0v) is 15.9. The second-order valence-corrected chi connectivity index (χ2v) is 8.62. The van der Waals surface area contributed by atoms with Crippen molar-refractivity contribution in [2.24, 2.45) is 5.92 Å². The fraction of sp³-hybridized carbons (Fsp3) is 0.611. The first kappa shape index (κ1) is 18.6. The van der Waals surface area contributed by atoms with Crippen LogP contribution < -0.4 is 5.30 Å². The molecule has 0 radical (unpaired) electrons. The van der Waals surface area contributed by atoms with E-state index >= 15 is 0 Å². The summed E-state index contributed by atoms with van der Waals surface area (Å²) in [6, 6.07) is 9.34. The van der Waals surface area contributed by atoms with Crippen LogP contribution in [0, 0.1) is 5.92 Å². The van der Waals surface area contributed by atoms with Crippen LogP contribution in [0.4, 0.5) is 0 Å². The van der Waals surface area contributed by atoms with Gasteiger partial charge in [0.25, 0.3) is 0 Å². The van der Waals surface area contributed by atoms with E-state index in [2.05, 4.69) is 4.90 Å². The molecule has 0 saturated carbocycles. The first-order valence-corrected chi connectivity index (χ1v) is 10.3. The van der Waals surface area contributed by atoms with Crippen LogP contribution in [-0.2, 0) is 23.1 Å². The first-order valence-electron chi connectivity index (χ1n) is 8.78. The molecule has 2 bridgehead atoms. The Morgan fingerprint density at radius 1 is 1.28 bits per heavy atom. The monoisotopic (exact) mass is 367 g/mol. The minimum atomic E-state index is -3.50. The van der Waals surface area contributed by atoms with Crippen molar-refractivity contribution in [1.29, 1.82) is 0 Å². The standard InChI is InChI=1S/C18H26NO5P/c1-4-23-25(21,14-8-6-5-7-9-14)24-16-12-13-10-11-15(19(13)2)17(16)18(20)22-3/h5-9,13,15-17H,4,10-12H2,1-3H3/t13-,15+,16-,17+,25?/m0/s1. The molecule has 3 rings (SSSR count). The van der Waals surface area contributed by atoms with Crippen LogP contribution in [0.3, 0.4) is 0 Å². The maximum absolute atomic E-state index is 13.4. The lowest BCUT2D eigenvalue weighted by molar-refractivity contribution is -0.154. The summed E-state index contributed by atoms with van der Waals surface area (Å²) < 4.78 is 30.1. The average Bonchev–Trinajstić information content (AvgIpc) is 2.85. The maximum atomic E-state index is 13.4. The Hall–Kier alpha value is -1.20. The van der Waals surface area contributed by atoms with Crippen molar-refractivity contribution in [3.05, 3.63) is 30.3 Å². The van der Waals surface area contributed by atoms with Crippen LogP contribution in [0.5, 0.6) is 0 Å². The summed E-state index contributed by atoms with van der Waals surface area (Å²) in [7, 11) is -0.0748. The van der Waals surface area contributed by atoms with Gasteiger partial charge in [-0.25, -0.2) is 0 Å². The van der Waals surface area contributed by atoms with Crippen molar-refractivity contribution in [1.82, 2.24) is 4.90 Å². The number of piperidine rings is 1. The van der Waals surface area contributed by atoms with E-state index in [1.807, 2.05) is 13.1 Å². The molecule has 2 aliphatic heterocycles. The maximum Gasteiger partial charge on any atom is 0.361 e. The van der Waals surface area contributed by atoms with Crippen molar-refractivity contribution in [3.8, 4) is 0 Å². The van der Waals surface area contributed by atoms with Gasteiger partial charge in [0, 0.05) is 12.1 Å². The highest BCUT2D eigenvalue weighted by molar-refractivity contribution is 7.62. The third-order valence-corrected chi connectivity index (χ3v) is 7.41. The normalized spacial score (nSPS) is 31.5. The van der Waals surface area contributed by atoms with E-state index in [1.165, 1.54) is 7.11 Å². The van der Waals surface area contributed by atoms with Gasteiger partial charge in [-0.1, -0.05) is 18.2 Å². The van der Waals surface area contributed by atoms with Crippen molar-refractivity contribution in [3.63, 3.8) is 0 Å². The molecular weight excluding hydrogens is 341 g/mol. The van der Waals surface area contributed by atoms with E-state index in [-0.39, 0.29) is 18.6 Å². The Balaban J connectivity index is 1.90. The third-order valence-electron chi connectivity index (χ3n) is 5.33. The Morgan fingerprint density at radius 2 is 2.00 bits per heavy atom. The van der Waals surface area contributed by atoms with E-state index in [0.29, 0.717) is 17.8 Å². The lowest BCUT2D eigenvalue weighted by Crippen LogP contribution is -2.53. The molecule has 1 unspecified atom stereocenters. The summed E-state index contributed by atoms with van der Waals surface area (Å²) in [5, 5.41) is 0.520. The van der Waals surface area contributed by atoms with E-state index in [4.69, 9.17) is 13.8 Å². The third kappa shape index (κ3) is 3.54. The van der Waals surface area contributed by atoms with Gasteiger partial charge in [0.05, 0.1) is 31.0 Å². The van der Waals surface area contributed by atoms with Crippen LogP contribution in [0.25, 0.3) is 0 Å². The summed E-state index contributed by atoms with van der Waals surface area (Å²) in [5.41, 5.74) is 0. The number of hydrogen-bond donors (Lipinski definition) is 0. The average molecular weight is 367 g/mol. The van der Waals surface area contributed by atoms with Crippen molar-refractivity contribution < 1.29 is 23.1 Å². The number of carbonyl (C=O) groups excluding carboxylic acids is 1. The lowest BCUT2D eigenvalue weighted by Gasteiger charge is -2.41. The number of carbonyl (C=O) groups is 1. The van der Waals surface area contributed by atoms with Crippen molar-refractivity contribution in [2.75, 3.05) is 20.8 Å². The van der Waals surface area contributed by atoms with E-state index in [1.54, 1.807) is 31.2 Å². The molecule has 138 valence electrons. The Bertz CT molecular complexity index is 652. The van der Waals surface area contributed by atoms with Crippen LogP contribution in [0.2, 0.25) is 0 Å². The molecule has 25 heavy (non-hydrogen) atoms. The summed E-state index contributed by atoms with van der Waals surface area (Å²) >= 11 is 0. The van der Waals surface area contributed by atoms with Gasteiger partial charge in [-0.2, -0.15) is 0 Å². The van der Waals surface area contributed by atoms with Gasteiger partial charge in [-0.3, -0.25) is 14.3 Å². The second kappa shape index (κ2) is 7.58. The second-order valence-electron chi connectivity index (χ2n) is 6.64. The molecule has 7 heteroatoms. The van der Waals surface area contributed by atoms with Crippen molar-refractivity contribution >= 4 is 18.9 Å². The fourth-order valence-corrected chi connectivity index (χ4v) is 5.88. The Labute approximate surface area is 149 Å². The number of esters is 1. The largest absolute Gasteiger partial charge is 0.469 e. The minimum absolute atomic E-state index is 0.0575. The zero-order chi connectivity index (χ0) is 18.0. The predicted molar refractivity (Wildman–Crippen MR) is 94.9 cm³/mol. The fourth-order valence-electron chi connectivity index (χ4n) is 4.10. The topological polar surface area (TPSA) is 65.1 Å². The summed E-state index contributed by atoms with van der Waals surface area (Å²) in [6.07, 6.45) is 2.11. The van der Waals surface area contributed by atoms with Crippen LogP contribution in [0.15, 0.2) is 30.3 Å².